The number of ether oxygens (including phenoxy) is 1. The van der Waals surface area contributed by atoms with Crippen molar-refractivity contribution in [3.05, 3.63) is 34.9 Å². The molecule has 3 nitrogen and oxygen atoms in total. The zero-order chi connectivity index (χ0) is 17.1. The van der Waals surface area contributed by atoms with Crippen molar-refractivity contribution in [1.82, 2.24) is 5.32 Å². The van der Waals surface area contributed by atoms with E-state index in [-0.39, 0.29) is 16.9 Å². The number of benzene rings is 1. The minimum atomic E-state index is -0.336. The molecule has 0 spiro atoms. The summed E-state index contributed by atoms with van der Waals surface area (Å²) in [6.45, 7) is 9.99. The molecule has 0 saturated carbocycles. The molecular formula is C19H28ClNO2. The van der Waals surface area contributed by atoms with Gasteiger partial charge < -0.3 is 10.1 Å². The van der Waals surface area contributed by atoms with Crippen molar-refractivity contribution in [3.63, 3.8) is 0 Å². The average Bonchev–Trinajstić information content (AvgIpc) is 2.47. The third-order valence-electron chi connectivity index (χ3n) is 5.09. The number of amides is 1. The maximum Gasteiger partial charge on any atom is 0.220 e. The Kier molecular flexibility index (Phi) is 5.74. The molecule has 1 fully saturated rings. The topological polar surface area (TPSA) is 38.3 Å². The van der Waals surface area contributed by atoms with Crippen molar-refractivity contribution in [3.8, 4) is 0 Å². The molecular weight excluding hydrogens is 310 g/mol. The molecule has 0 aromatic heterocycles. The van der Waals surface area contributed by atoms with Crippen LogP contribution in [0.3, 0.4) is 0 Å². The third-order valence-corrected chi connectivity index (χ3v) is 5.34. The van der Waals surface area contributed by atoms with Gasteiger partial charge in [0.25, 0.3) is 0 Å². The predicted octanol–water partition coefficient (Wildman–Crippen LogP) is 4.53. The second-order valence-electron chi connectivity index (χ2n) is 7.72. The molecule has 0 aliphatic carbocycles. The van der Waals surface area contributed by atoms with E-state index in [1.807, 2.05) is 24.3 Å². The molecule has 1 N–H and O–H groups in total. The van der Waals surface area contributed by atoms with Crippen molar-refractivity contribution in [1.29, 1.82) is 0 Å². The molecule has 1 atom stereocenters. The monoisotopic (exact) mass is 337 g/mol. The van der Waals surface area contributed by atoms with Gasteiger partial charge in [0.05, 0.1) is 5.54 Å². The van der Waals surface area contributed by atoms with Gasteiger partial charge in [0.1, 0.15) is 0 Å². The van der Waals surface area contributed by atoms with Gasteiger partial charge in [0, 0.05) is 24.7 Å². The van der Waals surface area contributed by atoms with Gasteiger partial charge in [-0.05, 0) is 41.9 Å². The molecule has 4 heteroatoms. The summed E-state index contributed by atoms with van der Waals surface area (Å²) in [5.74, 6) is 0.439. The van der Waals surface area contributed by atoms with Crippen LogP contribution in [-0.2, 0) is 15.1 Å². The Morgan fingerprint density at radius 1 is 1.26 bits per heavy atom. The van der Waals surface area contributed by atoms with Crippen LogP contribution in [0, 0.1) is 11.3 Å². The molecule has 0 bridgehead atoms. The van der Waals surface area contributed by atoms with Crippen molar-refractivity contribution in [2.45, 2.75) is 52.5 Å². The van der Waals surface area contributed by atoms with E-state index < -0.39 is 0 Å². The molecule has 0 radical (unpaired) electrons. The predicted molar refractivity (Wildman–Crippen MR) is 94.6 cm³/mol. The van der Waals surface area contributed by atoms with Gasteiger partial charge >= 0.3 is 0 Å². The zero-order valence-electron chi connectivity index (χ0n) is 14.6. The van der Waals surface area contributed by atoms with Crippen LogP contribution >= 0.6 is 11.6 Å². The Bertz CT molecular complexity index is 527. The first-order valence-corrected chi connectivity index (χ1v) is 8.75. The highest BCUT2D eigenvalue weighted by Gasteiger charge is 2.36. The average molecular weight is 338 g/mol. The third kappa shape index (κ3) is 4.71. The van der Waals surface area contributed by atoms with Crippen molar-refractivity contribution in [2.24, 2.45) is 11.3 Å². The Morgan fingerprint density at radius 3 is 2.35 bits per heavy atom. The van der Waals surface area contributed by atoms with Gasteiger partial charge in [-0.1, -0.05) is 51.4 Å². The van der Waals surface area contributed by atoms with Crippen LogP contribution in [0.2, 0.25) is 5.02 Å². The smallest absolute Gasteiger partial charge is 0.220 e. The number of hydrogen-bond acceptors (Lipinski definition) is 2. The van der Waals surface area contributed by atoms with Gasteiger partial charge in [-0.15, -0.1) is 0 Å². The summed E-state index contributed by atoms with van der Waals surface area (Å²) in [7, 11) is 0. The lowest BCUT2D eigenvalue weighted by atomic mass is 9.79. The minimum Gasteiger partial charge on any atom is -0.381 e. The van der Waals surface area contributed by atoms with Crippen LogP contribution in [0.1, 0.15) is 52.5 Å². The largest absolute Gasteiger partial charge is 0.381 e. The Morgan fingerprint density at radius 2 is 1.83 bits per heavy atom. The first-order chi connectivity index (χ1) is 10.7. The van der Waals surface area contributed by atoms with E-state index in [1.54, 1.807) is 0 Å². The van der Waals surface area contributed by atoms with E-state index in [0.717, 1.165) is 18.4 Å². The molecule has 2 rings (SSSR count). The second kappa shape index (κ2) is 7.23. The SMILES string of the molecule is CC(CC(=O)NC1(c2ccc(Cl)cc2)CCOCC1)C(C)(C)C. The molecule has 1 aromatic rings. The van der Waals surface area contributed by atoms with Gasteiger partial charge in [-0.3, -0.25) is 4.79 Å². The maximum absolute atomic E-state index is 12.6. The number of hydrogen-bond donors (Lipinski definition) is 1. The first-order valence-electron chi connectivity index (χ1n) is 8.38. The molecule has 1 saturated heterocycles. The van der Waals surface area contributed by atoms with Gasteiger partial charge in [0.15, 0.2) is 0 Å². The van der Waals surface area contributed by atoms with Gasteiger partial charge in [-0.2, -0.15) is 0 Å². The van der Waals surface area contributed by atoms with Crippen LogP contribution in [0.25, 0.3) is 0 Å². The fourth-order valence-electron chi connectivity index (χ4n) is 2.88. The minimum absolute atomic E-state index is 0.115. The fraction of sp³-hybridized carbons (Fsp3) is 0.632. The van der Waals surface area contributed by atoms with Crippen molar-refractivity contribution in [2.75, 3.05) is 13.2 Å². The summed E-state index contributed by atoms with van der Waals surface area (Å²) in [5.41, 5.74) is 0.903. The highest BCUT2D eigenvalue weighted by molar-refractivity contribution is 6.30. The molecule has 1 aromatic carbocycles. The van der Waals surface area contributed by atoms with Crippen molar-refractivity contribution >= 4 is 17.5 Å². The summed E-state index contributed by atoms with van der Waals surface area (Å²) >= 11 is 6.01. The molecule has 23 heavy (non-hydrogen) atoms. The molecule has 1 amide bonds. The first kappa shape index (κ1) is 18.3. The van der Waals surface area contributed by atoms with E-state index in [2.05, 4.69) is 33.0 Å². The number of rotatable bonds is 4. The van der Waals surface area contributed by atoms with E-state index >= 15 is 0 Å². The lowest BCUT2D eigenvalue weighted by Gasteiger charge is -2.39. The number of carbonyl (C=O) groups excluding carboxylic acids is 1. The molecule has 1 aliphatic heterocycles. The van der Waals surface area contributed by atoms with Crippen LogP contribution in [0.5, 0.6) is 0 Å². The van der Waals surface area contributed by atoms with E-state index in [0.29, 0.717) is 30.6 Å². The van der Waals surface area contributed by atoms with Gasteiger partial charge in [0.2, 0.25) is 5.91 Å². The molecule has 1 aliphatic rings. The standard InChI is InChI=1S/C19H28ClNO2/c1-14(18(2,3)4)13-17(22)21-19(9-11-23-12-10-19)15-5-7-16(20)8-6-15/h5-8,14H,9-13H2,1-4H3,(H,21,22). The van der Waals surface area contributed by atoms with Crippen LogP contribution in [0.4, 0.5) is 0 Å². The lowest BCUT2D eigenvalue weighted by Crippen LogP contribution is -2.50. The summed E-state index contributed by atoms with van der Waals surface area (Å²) < 4.78 is 5.51. The number of nitrogens with one attached hydrogen (secondary N) is 1. The van der Waals surface area contributed by atoms with E-state index in [1.165, 1.54) is 0 Å². The Hall–Kier alpha value is -1.06. The summed E-state index contributed by atoms with van der Waals surface area (Å²) in [6.07, 6.45) is 2.13. The van der Waals surface area contributed by atoms with Crippen LogP contribution in [0.15, 0.2) is 24.3 Å². The fourth-order valence-corrected chi connectivity index (χ4v) is 3.00. The highest BCUT2D eigenvalue weighted by Crippen LogP contribution is 2.34. The maximum atomic E-state index is 12.6. The lowest BCUT2D eigenvalue weighted by molar-refractivity contribution is -0.126. The van der Waals surface area contributed by atoms with E-state index in [9.17, 15) is 4.79 Å². The zero-order valence-corrected chi connectivity index (χ0v) is 15.4. The molecule has 128 valence electrons. The van der Waals surface area contributed by atoms with Crippen molar-refractivity contribution < 1.29 is 9.53 Å². The Labute approximate surface area is 144 Å². The van der Waals surface area contributed by atoms with Crippen LogP contribution < -0.4 is 5.32 Å². The number of halogens is 1. The van der Waals surface area contributed by atoms with E-state index in [4.69, 9.17) is 16.3 Å². The summed E-state index contributed by atoms with van der Waals surface area (Å²) in [5, 5.41) is 4.02. The second-order valence-corrected chi connectivity index (χ2v) is 8.16. The molecule has 1 unspecified atom stereocenters. The normalized spacial score (nSPS) is 19.2. The summed E-state index contributed by atoms with van der Waals surface area (Å²) in [6, 6.07) is 7.80. The van der Waals surface area contributed by atoms with Crippen LogP contribution in [-0.4, -0.2) is 19.1 Å². The number of carbonyl (C=O) groups is 1. The Balaban J connectivity index is 2.16. The quantitative estimate of drug-likeness (QED) is 0.876. The molecule has 1 heterocycles. The highest BCUT2D eigenvalue weighted by atomic mass is 35.5. The van der Waals surface area contributed by atoms with Gasteiger partial charge in [-0.25, -0.2) is 0 Å². The summed E-state index contributed by atoms with van der Waals surface area (Å²) in [4.78, 5) is 12.6.